The van der Waals surface area contributed by atoms with Crippen molar-refractivity contribution in [3.63, 3.8) is 0 Å². The molecule has 1 saturated heterocycles. The minimum Gasteiger partial charge on any atom is -0.353 e. The van der Waals surface area contributed by atoms with Crippen LogP contribution >= 0.6 is 0 Å². The van der Waals surface area contributed by atoms with E-state index in [9.17, 15) is 5.26 Å². The second-order valence-electron chi connectivity index (χ2n) is 6.33. The Labute approximate surface area is 141 Å². The molecule has 2 aromatic heterocycles. The number of nitrogens with zero attached hydrogens (tertiary/aromatic N) is 7. The second kappa shape index (κ2) is 6.43. The molecule has 24 heavy (non-hydrogen) atoms. The summed E-state index contributed by atoms with van der Waals surface area (Å²) in [5.41, 5.74) is 2.27. The molecule has 0 saturated carbocycles. The van der Waals surface area contributed by atoms with Crippen molar-refractivity contribution in [2.24, 2.45) is 0 Å². The molecule has 0 amide bonds. The molecule has 0 unspecified atom stereocenters. The summed E-state index contributed by atoms with van der Waals surface area (Å²) >= 11 is 0. The SMILES string of the molecule is Cc1nnc(N2CCC[C@H](c3nc(N(C)C)no3)C2)c(C#N)c1C. The lowest BCUT2D eigenvalue weighted by Crippen LogP contribution is -2.36. The van der Waals surface area contributed by atoms with Crippen molar-refractivity contribution in [1.29, 1.82) is 5.26 Å². The molecule has 8 heteroatoms. The van der Waals surface area contributed by atoms with Gasteiger partial charge in [-0.1, -0.05) is 0 Å². The van der Waals surface area contributed by atoms with Crippen LogP contribution in [0, 0.1) is 25.2 Å². The van der Waals surface area contributed by atoms with Gasteiger partial charge in [-0.3, -0.25) is 0 Å². The fourth-order valence-electron chi connectivity index (χ4n) is 2.90. The van der Waals surface area contributed by atoms with Crippen LogP contribution in [-0.4, -0.2) is 47.5 Å². The quantitative estimate of drug-likeness (QED) is 0.842. The van der Waals surface area contributed by atoms with Crippen LogP contribution in [0.25, 0.3) is 0 Å². The summed E-state index contributed by atoms with van der Waals surface area (Å²) in [6, 6.07) is 2.27. The van der Waals surface area contributed by atoms with Crippen LogP contribution in [0.3, 0.4) is 0 Å². The Morgan fingerprint density at radius 3 is 2.75 bits per heavy atom. The molecule has 8 nitrogen and oxygen atoms in total. The molecule has 0 radical (unpaired) electrons. The summed E-state index contributed by atoms with van der Waals surface area (Å²) in [5, 5.41) is 22.0. The number of anilines is 2. The molecule has 2 aromatic rings. The number of piperidine rings is 1. The molecule has 1 aliphatic heterocycles. The molecule has 0 N–H and O–H groups in total. The summed E-state index contributed by atoms with van der Waals surface area (Å²) in [5.74, 6) is 2.00. The van der Waals surface area contributed by atoms with E-state index in [1.807, 2.05) is 32.8 Å². The van der Waals surface area contributed by atoms with Gasteiger partial charge >= 0.3 is 0 Å². The first-order chi connectivity index (χ1) is 11.5. The summed E-state index contributed by atoms with van der Waals surface area (Å²) in [6.07, 6.45) is 1.95. The number of aromatic nitrogens is 4. The van der Waals surface area contributed by atoms with Crippen LogP contribution < -0.4 is 9.80 Å². The third-order valence-electron chi connectivity index (χ3n) is 4.45. The molecular weight excluding hydrogens is 306 g/mol. The zero-order valence-corrected chi connectivity index (χ0v) is 14.4. The Kier molecular flexibility index (Phi) is 4.34. The van der Waals surface area contributed by atoms with Crippen LogP contribution in [0.15, 0.2) is 4.52 Å². The van der Waals surface area contributed by atoms with E-state index in [-0.39, 0.29) is 5.92 Å². The smallest absolute Gasteiger partial charge is 0.265 e. The van der Waals surface area contributed by atoms with Crippen molar-refractivity contribution in [3.05, 3.63) is 22.7 Å². The molecule has 0 aromatic carbocycles. The van der Waals surface area contributed by atoms with Gasteiger partial charge in [-0.2, -0.15) is 15.3 Å². The lowest BCUT2D eigenvalue weighted by atomic mass is 9.97. The second-order valence-corrected chi connectivity index (χ2v) is 6.33. The van der Waals surface area contributed by atoms with E-state index in [0.29, 0.717) is 29.8 Å². The standard InChI is InChI=1S/C16H21N7O/c1-10-11(2)19-20-14(13(10)8-17)23-7-5-6-12(9-23)15-18-16(21-24-15)22(3)4/h12H,5-7,9H2,1-4H3/t12-/m0/s1. The Balaban J connectivity index is 1.86. The average Bonchev–Trinajstić information content (AvgIpc) is 3.07. The van der Waals surface area contributed by atoms with Crippen molar-refractivity contribution in [2.75, 3.05) is 37.0 Å². The Bertz CT molecular complexity index is 777. The van der Waals surface area contributed by atoms with E-state index >= 15 is 0 Å². The summed E-state index contributed by atoms with van der Waals surface area (Å²) in [4.78, 5) is 8.37. The highest BCUT2D eigenvalue weighted by atomic mass is 16.5. The minimum absolute atomic E-state index is 0.134. The lowest BCUT2D eigenvalue weighted by Gasteiger charge is -2.32. The maximum absolute atomic E-state index is 9.51. The zero-order chi connectivity index (χ0) is 17.3. The van der Waals surface area contributed by atoms with Crippen LogP contribution in [0.5, 0.6) is 0 Å². The van der Waals surface area contributed by atoms with Gasteiger partial charge in [0, 0.05) is 27.2 Å². The van der Waals surface area contributed by atoms with E-state index in [1.54, 1.807) is 0 Å². The van der Waals surface area contributed by atoms with Gasteiger partial charge in [-0.25, -0.2) is 0 Å². The monoisotopic (exact) mass is 327 g/mol. The maximum Gasteiger partial charge on any atom is 0.265 e. The van der Waals surface area contributed by atoms with E-state index in [4.69, 9.17) is 4.52 Å². The molecule has 126 valence electrons. The molecule has 1 atom stereocenters. The van der Waals surface area contributed by atoms with Gasteiger partial charge in [0.2, 0.25) is 5.89 Å². The van der Waals surface area contributed by atoms with Crippen LogP contribution in [-0.2, 0) is 0 Å². The van der Waals surface area contributed by atoms with E-state index in [2.05, 4.69) is 31.3 Å². The van der Waals surface area contributed by atoms with Crippen molar-refractivity contribution in [2.45, 2.75) is 32.6 Å². The highest BCUT2D eigenvalue weighted by molar-refractivity contribution is 5.57. The van der Waals surface area contributed by atoms with Gasteiger partial charge in [0.25, 0.3) is 5.95 Å². The van der Waals surface area contributed by atoms with Crippen molar-refractivity contribution >= 4 is 11.8 Å². The van der Waals surface area contributed by atoms with Crippen molar-refractivity contribution in [3.8, 4) is 6.07 Å². The predicted molar refractivity (Wildman–Crippen MR) is 89.0 cm³/mol. The van der Waals surface area contributed by atoms with Crippen LogP contribution in [0.4, 0.5) is 11.8 Å². The van der Waals surface area contributed by atoms with E-state index in [0.717, 1.165) is 30.6 Å². The average molecular weight is 327 g/mol. The first-order valence-corrected chi connectivity index (χ1v) is 8.01. The number of aryl methyl sites for hydroxylation is 1. The molecule has 0 spiro atoms. The first-order valence-electron chi connectivity index (χ1n) is 8.01. The van der Waals surface area contributed by atoms with Crippen molar-refractivity contribution in [1.82, 2.24) is 20.3 Å². The Hall–Kier alpha value is -2.69. The highest BCUT2D eigenvalue weighted by Gasteiger charge is 2.29. The van der Waals surface area contributed by atoms with Gasteiger partial charge in [0.1, 0.15) is 11.6 Å². The van der Waals surface area contributed by atoms with Crippen LogP contribution in [0.1, 0.15) is 41.5 Å². The minimum atomic E-state index is 0.134. The molecule has 0 bridgehead atoms. The molecule has 1 aliphatic rings. The first kappa shape index (κ1) is 16.2. The highest BCUT2D eigenvalue weighted by Crippen LogP contribution is 2.31. The van der Waals surface area contributed by atoms with Gasteiger partial charge in [0.15, 0.2) is 5.82 Å². The summed E-state index contributed by atoms with van der Waals surface area (Å²) in [7, 11) is 3.76. The van der Waals surface area contributed by atoms with Gasteiger partial charge in [0.05, 0.1) is 11.6 Å². The Morgan fingerprint density at radius 2 is 2.08 bits per heavy atom. The van der Waals surface area contributed by atoms with E-state index < -0.39 is 0 Å². The number of hydrogen-bond donors (Lipinski definition) is 0. The van der Waals surface area contributed by atoms with Gasteiger partial charge in [-0.15, -0.1) is 5.10 Å². The molecule has 1 fully saturated rings. The topological polar surface area (TPSA) is 95.0 Å². The van der Waals surface area contributed by atoms with Crippen LogP contribution in [0.2, 0.25) is 0 Å². The number of rotatable bonds is 3. The Morgan fingerprint density at radius 1 is 1.29 bits per heavy atom. The van der Waals surface area contributed by atoms with Crippen molar-refractivity contribution < 1.29 is 4.52 Å². The normalized spacial score (nSPS) is 17.6. The summed E-state index contributed by atoms with van der Waals surface area (Å²) < 4.78 is 5.42. The van der Waals surface area contributed by atoms with E-state index in [1.165, 1.54) is 0 Å². The zero-order valence-electron chi connectivity index (χ0n) is 14.4. The molecule has 3 rings (SSSR count). The fraction of sp³-hybridized carbons (Fsp3) is 0.562. The third kappa shape index (κ3) is 2.89. The number of hydrogen-bond acceptors (Lipinski definition) is 8. The van der Waals surface area contributed by atoms with Gasteiger partial charge < -0.3 is 14.3 Å². The van der Waals surface area contributed by atoms with Gasteiger partial charge in [-0.05, 0) is 37.4 Å². The molecule has 3 heterocycles. The largest absolute Gasteiger partial charge is 0.353 e. The number of nitriles is 1. The maximum atomic E-state index is 9.51. The molecule has 0 aliphatic carbocycles. The third-order valence-corrected chi connectivity index (χ3v) is 4.45. The molecular formula is C16H21N7O. The fourth-order valence-corrected chi connectivity index (χ4v) is 2.90. The summed E-state index contributed by atoms with van der Waals surface area (Å²) in [6.45, 7) is 5.32. The predicted octanol–water partition coefficient (Wildman–Crippen LogP) is 1.80. The lowest BCUT2D eigenvalue weighted by molar-refractivity contribution is 0.332.